The molecule has 0 aromatic heterocycles. The van der Waals surface area contributed by atoms with Crippen molar-refractivity contribution in [2.45, 2.75) is 56.8 Å². The molecule has 2 bridgehead atoms. The van der Waals surface area contributed by atoms with E-state index in [9.17, 15) is 4.39 Å². The summed E-state index contributed by atoms with van der Waals surface area (Å²) in [5.74, 6) is -0.115. The average molecular weight is 341 g/mol. The van der Waals surface area contributed by atoms with E-state index < -0.39 is 0 Å². The van der Waals surface area contributed by atoms with E-state index in [1.165, 1.54) is 25.7 Å². The number of halogens is 2. The summed E-state index contributed by atoms with van der Waals surface area (Å²) in [5.41, 5.74) is 0.793. The average Bonchev–Trinajstić information content (AvgIpc) is 2.76. The first-order valence-corrected chi connectivity index (χ1v) is 8.27. The molecule has 0 spiro atoms. The topological polar surface area (TPSA) is 15.3 Å². The zero-order chi connectivity index (χ0) is 14.3. The van der Waals surface area contributed by atoms with Gasteiger partial charge in [0, 0.05) is 34.2 Å². The van der Waals surface area contributed by atoms with Crippen LogP contribution in [0.2, 0.25) is 0 Å². The second-order valence-corrected chi connectivity index (χ2v) is 7.19. The standard InChI is InChI=1S/C16H22BrFN2/c1-10(15-6-3-11(17)7-16(15)18)20(2)14-8-12-4-5-13(9-14)19-12/h3,6-7,10,12-14,19H,4-5,8-9H2,1-2H3. The Hall–Kier alpha value is -0.450. The second-order valence-electron chi connectivity index (χ2n) is 6.27. The van der Waals surface area contributed by atoms with Gasteiger partial charge in [0.25, 0.3) is 0 Å². The summed E-state index contributed by atoms with van der Waals surface area (Å²) in [6, 6.07) is 7.40. The number of piperidine rings is 1. The third-order valence-corrected chi connectivity index (χ3v) is 5.54. The van der Waals surface area contributed by atoms with Crippen molar-refractivity contribution >= 4 is 15.9 Å². The van der Waals surface area contributed by atoms with E-state index in [2.05, 4.69) is 40.1 Å². The molecule has 2 saturated heterocycles. The van der Waals surface area contributed by atoms with Gasteiger partial charge < -0.3 is 5.32 Å². The fourth-order valence-corrected chi connectivity index (χ4v) is 4.07. The zero-order valence-electron chi connectivity index (χ0n) is 12.1. The van der Waals surface area contributed by atoms with E-state index in [1.54, 1.807) is 6.07 Å². The van der Waals surface area contributed by atoms with E-state index >= 15 is 0 Å². The number of hydrogen-bond donors (Lipinski definition) is 1. The molecule has 0 saturated carbocycles. The number of hydrogen-bond acceptors (Lipinski definition) is 2. The Bertz CT molecular complexity index is 481. The number of nitrogens with one attached hydrogen (secondary N) is 1. The summed E-state index contributed by atoms with van der Waals surface area (Å²) in [6.07, 6.45) is 4.98. The van der Waals surface area contributed by atoms with Crippen molar-refractivity contribution in [1.82, 2.24) is 10.2 Å². The molecule has 3 unspecified atom stereocenters. The molecule has 0 radical (unpaired) electrons. The Morgan fingerprint density at radius 1 is 1.30 bits per heavy atom. The van der Waals surface area contributed by atoms with Crippen LogP contribution in [0.4, 0.5) is 4.39 Å². The predicted molar refractivity (Wildman–Crippen MR) is 83.2 cm³/mol. The number of rotatable bonds is 3. The first-order chi connectivity index (χ1) is 9.54. The Balaban J connectivity index is 1.74. The van der Waals surface area contributed by atoms with Gasteiger partial charge in [-0.3, -0.25) is 4.90 Å². The molecule has 3 atom stereocenters. The lowest BCUT2D eigenvalue weighted by Gasteiger charge is -2.39. The largest absolute Gasteiger partial charge is 0.311 e. The minimum absolute atomic E-state index is 0.115. The molecule has 2 fully saturated rings. The summed E-state index contributed by atoms with van der Waals surface area (Å²) in [5, 5.41) is 3.67. The SMILES string of the molecule is CC(c1ccc(Br)cc1F)N(C)C1CC2CCC(C1)N2. The minimum atomic E-state index is -0.115. The van der Waals surface area contributed by atoms with Crippen LogP contribution in [0, 0.1) is 5.82 Å². The first kappa shape index (κ1) is 14.5. The fraction of sp³-hybridized carbons (Fsp3) is 0.625. The molecular weight excluding hydrogens is 319 g/mol. The summed E-state index contributed by atoms with van der Waals surface area (Å²) in [4.78, 5) is 2.36. The van der Waals surface area contributed by atoms with Crippen molar-refractivity contribution in [3.63, 3.8) is 0 Å². The van der Waals surface area contributed by atoms with Crippen LogP contribution in [0.15, 0.2) is 22.7 Å². The molecule has 4 heteroatoms. The number of nitrogens with zero attached hydrogens (tertiary/aromatic N) is 1. The molecule has 3 rings (SSSR count). The normalized spacial score (nSPS) is 30.8. The molecular formula is C16H22BrFN2. The van der Waals surface area contributed by atoms with Gasteiger partial charge in [0.15, 0.2) is 0 Å². The molecule has 0 amide bonds. The van der Waals surface area contributed by atoms with Gasteiger partial charge in [-0.25, -0.2) is 4.39 Å². The number of fused-ring (bicyclic) bond motifs is 2. The zero-order valence-corrected chi connectivity index (χ0v) is 13.7. The lowest BCUT2D eigenvalue weighted by molar-refractivity contribution is 0.131. The van der Waals surface area contributed by atoms with Crippen LogP contribution in [0.25, 0.3) is 0 Å². The van der Waals surface area contributed by atoms with E-state index in [1.807, 2.05) is 12.1 Å². The van der Waals surface area contributed by atoms with Crippen LogP contribution in [0.5, 0.6) is 0 Å². The molecule has 2 aliphatic rings. The van der Waals surface area contributed by atoms with Crippen molar-refractivity contribution in [3.8, 4) is 0 Å². The molecule has 2 heterocycles. The van der Waals surface area contributed by atoms with Crippen LogP contribution < -0.4 is 5.32 Å². The molecule has 1 aromatic carbocycles. The van der Waals surface area contributed by atoms with E-state index in [0.29, 0.717) is 18.1 Å². The second kappa shape index (κ2) is 5.74. The van der Waals surface area contributed by atoms with Gasteiger partial charge in [0.2, 0.25) is 0 Å². The van der Waals surface area contributed by atoms with Crippen molar-refractivity contribution in [2.24, 2.45) is 0 Å². The molecule has 0 aliphatic carbocycles. The van der Waals surface area contributed by atoms with Gasteiger partial charge in [0.05, 0.1) is 0 Å². The van der Waals surface area contributed by atoms with E-state index in [4.69, 9.17) is 0 Å². The van der Waals surface area contributed by atoms with Crippen LogP contribution in [-0.4, -0.2) is 30.1 Å². The van der Waals surface area contributed by atoms with Gasteiger partial charge in [0.1, 0.15) is 5.82 Å². The highest BCUT2D eigenvalue weighted by molar-refractivity contribution is 9.10. The number of benzene rings is 1. The van der Waals surface area contributed by atoms with Gasteiger partial charge in [-0.05, 0) is 51.8 Å². The van der Waals surface area contributed by atoms with E-state index in [0.717, 1.165) is 10.0 Å². The van der Waals surface area contributed by atoms with Gasteiger partial charge >= 0.3 is 0 Å². The summed E-state index contributed by atoms with van der Waals surface area (Å²) < 4.78 is 14.9. The maximum Gasteiger partial charge on any atom is 0.129 e. The highest BCUT2D eigenvalue weighted by Crippen LogP contribution is 2.33. The molecule has 110 valence electrons. The maximum absolute atomic E-state index is 14.1. The highest BCUT2D eigenvalue weighted by atomic mass is 79.9. The third-order valence-electron chi connectivity index (χ3n) is 5.05. The minimum Gasteiger partial charge on any atom is -0.311 e. The smallest absolute Gasteiger partial charge is 0.129 e. The molecule has 1 N–H and O–H groups in total. The van der Waals surface area contributed by atoms with Crippen LogP contribution in [0.1, 0.15) is 44.2 Å². The fourth-order valence-electron chi connectivity index (χ4n) is 3.74. The van der Waals surface area contributed by atoms with Crippen LogP contribution >= 0.6 is 15.9 Å². The van der Waals surface area contributed by atoms with Gasteiger partial charge in [-0.1, -0.05) is 22.0 Å². The Kier molecular flexibility index (Phi) is 4.16. The summed E-state index contributed by atoms with van der Waals surface area (Å²) >= 11 is 3.32. The van der Waals surface area contributed by atoms with Crippen molar-refractivity contribution in [1.29, 1.82) is 0 Å². The Morgan fingerprint density at radius 2 is 1.95 bits per heavy atom. The predicted octanol–water partition coefficient (Wildman–Crippen LogP) is 3.86. The summed E-state index contributed by atoms with van der Waals surface area (Å²) in [6.45, 7) is 2.11. The lowest BCUT2D eigenvalue weighted by atomic mass is 9.95. The molecule has 2 nitrogen and oxygen atoms in total. The molecule has 20 heavy (non-hydrogen) atoms. The van der Waals surface area contributed by atoms with Crippen molar-refractivity contribution < 1.29 is 4.39 Å². The van der Waals surface area contributed by atoms with Gasteiger partial charge in [-0.15, -0.1) is 0 Å². The van der Waals surface area contributed by atoms with Crippen LogP contribution in [0.3, 0.4) is 0 Å². The van der Waals surface area contributed by atoms with Gasteiger partial charge in [-0.2, -0.15) is 0 Å². The van der Waals surface area contributed by atoms with E-state index in [-0.39, 0.29) is 11.9 Å². The highest BCUT2D eigenvalue weighted by Gasteiger charge is 2.36. The first-order valence-electron chi connectivity index (χ1n) is 7.47. The molecule has 2 aliphatic heterocycles. The Labute approximate surface area is 128 Å². The molecule has 1 aromatic rings. The summed E-state index contributed by atoms with van der Waals surface area (Å²) in [7, 11) is 2.14. The van der Waals surface area contributed by atoms with Crippen molar-refractivity contribution in [3.05, 3.63) is 34.1 Å². The van der Waals surface area contributed by atoms with Crippen molar-refractivity contribution in [2.75, 3.05) is 7.05 Å². The van der Waals surface area contributed by atoms with Crippen LogP contribution in [-0.2, 0) is 0 Å². The Morgan fingerprint density at radius 3 is 2.55 bits per heavy atom. The monoisotopic (exact) mass is 340 g/mol. The maximum atomic E-state index is 14.1. The third kappa shape index (κ3) is 2.78. The lowest BCUT2D eigenvalue weighted by Crippen LogP contribution is -2.47. The quantitative estimate of drug-likeness (QED) is 0.898.